The number of thiophene rings is 1. The van der Waals surface area contributed by atoms with E-state index in [1.54, 1.807) is 11.3 Å². The van der Waals surface area contributed by atoms with Crippen LogP contribution in [0.4, 0.5) is 11.8 Å². The summed E-state index contributed by atoms with van der Waals surface area (Å²) in [4.78, 5) is 11.0. The zero-order valence-electron chi connectivity index (χ0n) is 12.1. The summed E-state index contributed by atoms with van der Waals surface area (Å²) in [6, 6.07) is 2.65. The van der Waals surface area contributed by atoms with Crippen LogP contribution in [0, 0.1) is 12.8 Å². The monoisotopic (exact) mass is 290 g/mol. The first-order valence-electron chi connectivity index (χ1n) is 7.43. The van der Waals surface area contributed by atoms with Gasteiger partial charge in [0, 0.05) is 10.9 Å². The number of aryl methyl sites for hydroxylation is 1. The molecule has 0 bridgehead atoms. The van der Waals surface area contributed by atoms with Gasteiger partial charge in [-0.05, 0) is 31.7 Å². The molecule has 1 aliphatic rings. The topological polar surface area (TPSA) is 63.8 Å². The van der Waals surface area contributed by atoms with Gasteiger partial charge in [-0.15, -0.1) is 11.3 Å². The van der Waals surface area contributed by atoms with Crippen LogP contribution in [-0.4, -0.2) is 16.0 Å². The fourth-order valence-electron chi connectivity index (χ4n) is 3.05. The lowest BCUT2D eigenvalue weighted by Gasteiger charge is -2.23. The van der Waals surface area contributed by atoms with Crippen molar-refractivity contribution in [1.82, 2.24) is 9.97 Å². The maximum atomic E-state index is 5.85. The molecule has 1 saturated carbocycles. The predicted octanol–water partition coefficient (Wildman–Crippen LogP) is 3.96. The molecule has 0 spiro atoms. The molecule has 2 heterocycles. The Balaban J connectivity index is 1.92. The Labute approximate surface area is 123 Å². The fourth-order valence-corrected chi connectivity index (χ4v) is 3.94. The molecule has 0 amide bonds. The van der Waals surface area contributed by atoms with Gasteiger partial charge in [-0.3, -0.25) is 0 Å². The van der Waals surface area contributed by atoms with Crippen LogP contribution in [0.5, 0.6) is 0 Å². The van der Waals surface area contributed by atoms with Crippen molar-refractivity contribution in [3.05, 3.63) is 10.9 Å². The molecular weight excluding hydrogens is 268 g/mol. The Bertz CT molecular complexity index is 607. The number of hydrogen-bond acceptors (Lipinski definition) is 5. The summed E-state index contributed by atoms with van der Waals surface area (Å²) in [7, 11) is 0. The second kappa shape index (κ2) is 5.56. The number of fused-ring (bicyclic) bond motifs is 1. The van der Waals surface area contributed by atoms with Gasteiger partial charge in [-0.2, -0.15) is 4.98 Å². The Hall–Kier alpha value is -1.36. The van der Waals surface area contributed by atoms with Crippen molar-refractivity contribution in [2.24, 2.45) is 5.92 Å². The van der Waals surface area contributed by atoms with Gasteiger partial charge in [-0.1, -0.05) is 26.2 Å². The molecule has 5 heteroatoms. The first-order chi connectivity index (χ1) is 9.63. The number of nitrogens with zero attached hydrogens (tertiary/aromatic N) is 2. The van der Waals surface area contributed by atoms with Crippen LogP contribution in [-0.2, 0) is 0 Å². The molecule has 0 aromatic carbocycles. The molecule has 20 heavy (non-hydrogen) atoms. The van der Waals surface area contributed by atoms with Crippen molar-refractivity contribution >= 4 is 33.3 Å². The molecule has 3 rings (SSSR count). The molecule has 2 unspecified atom stereocenters. The number of aromatic nitrogens is 2. The maximum absolute atomic E-state index is 5.85. The van der Waals surface area contributed by atoms with Crippen LogP contribution in [0.15, 0.2) is 6.07 Å². The fraction of sp³-hybridized carbons (Fsp3) is 0.600. The first-order valence-corrected chi connectivity index (χ1v) is 8.25. The van der Waals surface area contributed by atoms with E-state index < -0.39 is 0 Å². The average Bonchev–Trinajstić information content (AvgIpc) is 2.64. The molecule has 0 radical (unpaired) electrons. The van der Waals surface area contributed by atoms with Gasteiger partial charge >= 0.3 is 0 Å². The summed E-state index contributed by atoms with van der Waals surface area (Å²) < 4.78 is 0. The van der Waals surface area contributed by atoms with Gasteiger partial charge < -0.3 is 11.1 Å². The summed E-state index contributed by atoms with van der Waals surface area (Å²) >= 11 is 1.68. The van der Waals surface area contributed by atoms with Crippen LogP contribution in [0.2, 0.25) is 0 Å². The molecule has 3 N–H and O–H groups in total. The Morgan fingerprint density at radius 3 is 2.90 bits per heavy atom. The van der Waals surface area contributed by atoms with E-state index in [0.29, 0.717) is 17.9 Å². The molecule has 4 nitrogen and oxygen atoms in total. The van der Waals surface area contributed by atoms with Gasteiger partial charge in [0.1, 0.15) is 10.6 Å². The van der Waals surface area contributed by atoms with E-state index in [1.807, 2.05) is 0 Å². The Morgan fingerprint density at radius 1 is 1.25 bits per heavy atom. The van der Waals surface area contributed by atoms with Crippen molar-refractivity contribution in [2.75, 3.05) is 11.1 Å². The van der Waals surface area contributed by atoms with Gasteiger partial charge in [0.15, 0.2) is 0 Å². The van der Waals surface area contributed by atoms with E-state index >= 15 is 0 Å². The second-order valence-corrected chi connectivity index (χ2v) is 7.11. The summed E-state index contributed by atoms with van der Waals surface area (Å²) in [6.07, 6.45) is 6.51. The molecule has 0 saturated heterocycles. The molecule has 2 atom stereocenters. The molecule has 1 aliphatic carbocycles. The third-order valence-corrected chi connectivity index (χ3v) is 5.16. The lowest BCUT2D eigenvalue weighted by Crippen LogP contribution is -2.27. The smallest absolute Gasteiger partial charge is 0.223 e. The quantitative estimate of drug-likeness (QED) is 0.822. The average molecular weight is 290 g/mol. The standard InChI is InChI=1S/C15H22N4S/c1-9-6-4-3-5-7-12(9)17-13-11-8-10(2)20-14(11)19-15(16)18-13/h8-9,12H,3-7H2,1-2H3,(H3,16,17,18,19). The highest BCUT2D eigenvalue weighted by molar-refractivity contribution is 7.18. The van der Waals surface area contributed by atoms with E-state index in [-0.39, 0.29) is 0 Å². The van der Waals surface area contributed by atoms with Crippen LogP contribution in [0.3, 0.4) is 0 Å². The number of nitrogens with one attached hydrogen (secondary N) is 1. The number of nitrogen functional groups attached to an aromatic ring is 1. The highest BCUT2D eigenvalue weighted by Gasteiger charge is 2.21. The van der Waals surface area contributed by atoms with E-state index in [9.17, 15) is 0 Å². The van der Waals surface area contributed by atoms with E-state index in [1.165, 1.54) is 37.0 Å². The summed E-state index contributed by atoms with van der Waals surface area (Å²) in [5.41, 5.74) is 5.85. The predicted molar refractivity (Wildman–Crippen MR) is 86.2 cm³/mol. The minimum atomic E-state index is 0.364. The number of nitrogens with two attached hydrogens (primary N) is 1. The van der Waals surface area contributed by atoms with Gasteiger partial charge in [-0.25, -0.2) is 4.98 Å². The summed E-state index contributed by atoms with van der Waals surface area (Å²) in [6.45, 7) is 4.43. The lowest BCUT2D eigenvalue weighted by atomic mass is 9.97. The summed E-state index contributed by atoms with van der Waals surface area (Å²) in [5.74, 6) is 1.96. The Kier molecular flexibility index (Phi) is 3.78. The lowest BCUT2D eigenvalue weighted by molar-refractivity contribution is 0.456. The second-order valence-electron chi connectivity index (χ2n) is 5.87. The van der Waals surface area contributed by atoms with Gasteiger partial charge in [0.2, 0.25) is 5.95 Å². The highest BCUT2D eigenvalue weighted by atomic mass is 32.1. The van der Waals surface area contributed by atoms with Crippen molar-refractivity contribution < 1.29 is 0 Å². The van der Waals surface area contributed by atoms with Crippen LogP contribution in [0.25, 0.3) is 10.2 Å². The zero-order chi connectivity index (χ0) is 14.1. The molecule has 0 aliphatic heterocycles. The Morgan fingerprint density at radius 2 is 2.05 bits per heavy atom. The van der Waals surface area contributed by atoms with Gasteiger partial charge in [0.05, 0.1) is 5.39 Å². The third-order valence-electron chi connectivity index (χ3n) is 4.22. The minimum Gasteiger partial charge on any atom is -0.368 e. The van der Waals surface area contributed by atoms with Crippen molar-refractivity contribution in [2.45, 2.75) is 52.0 Å². The van der Waals surface area contributed by atoms with Crippen molar-refractivity contribution in [3.8, 4) is 0 Å². The first kappa shape index (κ1) is 13.6. The van der Waals surface area contributed by atoms with E-state index in [0.717, 1.165) is 16.0 Å². The van der Waals surface area contributed by atoms with E-state index in [4.69, 9.17) is 5.73 Å². The van der Waals surface area contributed by atoms with Gasteiger partial charge in [0.25, 0.3) is 0 Å². The zero-order valence-corrected chi connectivity index (χ0v) is 13.0. The van der Waals surface area contributed by atoms with Crippen molar-refractivity contribution in [3.63, 3.8) is 0 Å². The number of rotatable bonds is 2. The molecule has 108 valence electrons. The largest absolute Gasteiger partial charge is 0.368 e. The summed E-state index contributed by atoms with van der Waals surface area (Å²) in [5, 5.41) is 4.75. The number of anilines is 2. The minimum absolute atomic E-state index is 0.364. The van der Waals surface area contributed by atoms with Crippen LogP contribution >= 0.6 is 11.3 Å². The molecular formula is C15H22N4S. The molecule has 1 fully saturated rings. The SMILES string of the molecule is Cc1cc2c(NC3CCCCCC3C)nc(N)nc2s1. The molecule has 2 aromatic rings. The van der Waals surface area contributed by atoms with Crippen LogP contribution in [0.1, 0.15) is 43.9 Å². The third kappa shape index (κ3) is 2.73. The highest BCUT2D eigenvalue weighted by Crippen LogP contribution is 2.32. The number of hydrogen-bond donors (Lipinski definition) is 2. The van der Waals surface area contributed by atoms with Crippen LogP contribution < -0.4 is 11.1 Å². The molecule has 2 aromatic heterocycles. The maximum Gasteiger partial charge on any atom is 0.223 e. The van der Waals surface area contributed by atoms with Crippen molar-refractivity contribution in [1.29, 1.82) is 0 Å². The normalized spacial score (nSPS) is 23.7. The van der Waals surface area contributed by atoms with E-state index in [2.05, 4.69) is 35.2 Å².